The van der Waals surface area contributed by atoms with Crippen molar-refractivity contribution in [2.24, 2.45) is 0 Å². The molecule has 1 aliphatic rings. The summed E-state index contributed by atoms with van der Waals surface area (Å²) in [5, 5.41) is 42.6. The zero-order valence-electron chi connectivity index (χ0n) is 17.7. The fourth-order valence-corrected chi connectivity index (χ4v) is 5.13. The van der Waals surface area contributed by atoms with Gasteiger partial charge in [0.15, 0.2) is 0 Å². The number of rotatable bonds is 7. The van der Waals surface area contributed by atoms with Crippen molar-refractivity contribution >= 4 is 11.3 Å². The Kier molecular flexibility index (Phi) is 7.25. The van der Waals surface area contributed by atoms with Crippen LogP contribution in [-0.4, -0.2) is 58.6 Å². The van der Waals surface area contributed by atoms with Crippen molar-refractivity contribution in [3.63, 3.8) is 0 Å². The predicted molar refractivity (Wildman–Crippen MR) is 122 cm³/mol. The molecular formula is C25H28O6S. The van der Waals surface area contributed by atoms with Crippen molar-refractivity contribution in [2.75, 3.05) is 13.7 Å². The first-order chi connectivity index (χ1) is 15.5. The summed E-state index contributed by atoms with van der Waals surface area (Å²) in [5.41, 5.74) is 2.77. The summed E-state index contributed by atoms with van der Waals surface area (Å²) in [6, 6.07) is 19.9. The Hall–Kier alpha value is -2.26. The van der Waals surface area contributed by atoms with Crippen molar-refractivity contribution in [3.8, 4) is 5.75 Å². The van der Waals surface area contributed by atoms with Gasteiger partial charge in [-0.05, 0) is 41.1 Å². The lowest BCUT2D eigenvalue weighted by Crippen LogP contribution is -2.55. The van der Waals surface area contributed by atoms with Gasteiger partial charge in [0.05, 0.1) is 13.7 Å². The van der Waals surface area contributed by atoms with Crippen molar-refractivity contribution < 1.29 is 29.9 Å². The molecule has 0 aliphatic carbocycles. The molecule has 2 heterocycles. The molecule has 0 bridgehead atoms. The SMILES string of the molecule is COc1ccc([C@@H]2O[C@H](CO)[C@@H](O)[C@H](O)[C@H]2O)cc1C(Cc1ccccc1)c1cccs1. The van der Waals surface area contributed by atoms with E-state index in [1.807, 2.05) is 41.8 Å². The van der Waals surface area contributed by atoms with Crippen LogP contribution in [0.3, 0.4) is 0 Å². The van der Waals surface area contributed by atoms with Gasteiger partial charge in [-0.25, -0.2) is 0 Å². The Morgan fingerprint density at radius 3 is 2.41 bits per heavy atom. The topological polar surface area (TPSA) is 99.4 Å². The lowest BCUT2D eigenvalue weighted by atomic mass is 9.86. The average Bonchev–Trinajstić information content (AvgIpc) is 3.36. The Labute approximate surface area is 191 Å². The van der Waals surface area contributed by atoms with Crippen LogP contribution in [0.1, 0.15) is 33.6 Å². The van der Waals surface area contributed by atoms with Crippen LogP contribution in [0, 0.1) is 0 Å². The van der Waals surface area contributed by atoms with Crippen molar-refractivity contribution in [1.29, 1.82) is 0 Å². The molecular weight excluding hydrogens is 428 g/mol. The van der Waals surface area contributed by atoms with Crippen molar-refractivity contribution in [1.82, 2.24) is 0 Å². The first-order valence-corrected chi connectivity index (χ1v) is 11.5. The monoisotopic (exact) mass is 456 g/mol. The molecule has 2 aromatic carbocycles. The highest BCUT2D eigenvalue weighted by Gasteiger charge is 2.44. The maximum absolute atomic E-state index is 10.6. The van der Waals surface area contributed by atoms with E-state index in [-0.39, 0.29) is 5.92 Å². The van der Waals surface area contributed by atoms with Gasteiger partial charge in [0.1, 0.15) is 36.3 Å². The number of hydrogen-bond donors (Lipinski definition) is 4. The minimum atomic E-state index is -1.42. The van der Waals surface area contributed by atoms with Crippen LogP contribution in [0.4, 0.5) is 0 Å². The highest BCUT2D eigenvalue weighted by molar-refractivity contribution is 7.10. The molecule has 6 nitrogen and oxygen atoms in total. The van der Waals surface area contributed by atoms with Gasteiger partial charge in [0.25, 0.3) is 0 Å². The number of ether oxygens (including phenoxy) is 2. The number of benzene rings is 2. The van der Waals surface area contributed by atoms with E-state index in [4.69, 9.17) is 9.47 Å². The van der Waals surface area contributed by atoms with Gasteiger partial charge < -0.3 is 29.9 Å². The van der Waals surface area contributed by atoms with Gasteiger partial charge in [-0.15, -0.1) is 11.3 Å². The van der Waals surface area contributed by atoms with Gasteiger partial charge in [-0.3, -0.25) is 0 Å². The second-order valence-corrected chi connectivity index (χ2v) is 8.99. The molecule has 4 N–H and O–H groups in total. The predicted octanol–water partition coefficient (Wildman–Crippen LogP) is 2.65. The lowest BCUT2D eigenvalue weighted by Gasteiger charge is -2.40. The average molecular weight is 457 g/mol. The van der Waals surface area contributed by atoms with Gasteiger partial charge in [0.2, 0.25) is 0 Å². The number of thiophene rings is 1. The van der Waals surface area contributed by atoms with Gasteiger partial charge in [-0.1, -0.05) is 42.5 Å². The van der Waals surface area contributed by atoms with Gasteiger partial charge in [-0.2, -0.15) is 0 Å². The molecule has 1 aliphatic heterocycles. The minimum absolute atomic E-state index is 0.0113. The fraction of sp³-hybridized carbons (Fsp3) is 0.360. The van der Waals surface area contributed by atoms with E-state index in [9.17, 15) is 20.4 Å². The Bertz CT molecular complexity index is 991. The van der Waals surface area contributed by atoms with Crippen LogP contribution in [0.15, 0.2) is 66.0 Å². The first-order valence-electron chi connectivity index (χ1n) is 10.6. The molecule has 0 radical (unpaired) electrons. The van der Waals surface area contributed by atoms with Crippen LogP contribution in [-0.2, 0) is 11.2 Å². The van der Waals surface area contributed by atoms with Gasteiger partial charge >= 0.3 is 0 Å². The van der Waals surface area contributed by atoms with Crippen LogP contribution in [0.25, 0.3) is 0 Å². The van der Waals surface area contributed by atoms with Crippen LogP contribution >= 0.6 is 11.3 Å². The van der Waals surface area contributed by atoms with Gasteiger partial charge in [0, 0.05) is 16.4 Å². The molecule has 0 saturated carbocycles. The maximum Gasteiger partial charge on any atom is 0.122 e. The zero-order chi connectivity index (χ0) is 22.7. The van der Waals surface area contributed by atoms with Crippen LogP contribution in [0.2, 0.25) is 0 Å². The molecule has 6 atom stereocenters. The summed E-state index contributed by atoms with van der Waals surface area (Å²) in [6.45, 7) is -0.462. The van der Waals surface area contributed by atoms with Crippen molar-refractivity contribution in [2.45, 2.75) is 42.9 Å². The van der Waals surface area contributed by atoms with E-state index in [0.717, 1.165) is 12.0 Å². The van der Waals surface area contributed by atoms with E-state index in [0.29, 0.717) is 11.3 Å². The van der Waals surface area contributed by atoms with E-state index in [1.54, 1.807) is 24.5 Å². The molecule has 4 rings (SSSR count). The summed E-state index contributed by atoms with van der Waals surface area (Å²) in [7, 11) is 1.63. The lowest BCUT2D eigenvalue weighted by molar-refractivity contribution is -0.231. The Morgan fingerprint density at radius 1 is 0.969 bits per heavy atom. The third-order valence-corrected chi connectivity index (χ3v) is 7.01. The summed E-state index contributed by atoms with van der Waals surface area (Å²) in [6.07, 6.45) is -5.23. The molecule has 1 aromatic heterocycles. The fourth-order valence-electron chi connectivity index (χ4n) is 4.28. The largest absolute Gasteiger partial charge is 0.496 e. The molecule has 170 valence electrons. The third kappa shape index (κ3) is 4.59. The molecule has 32 heavy (non-hydrogen) atoms. The highest BCUT2D eigenvalue weighted by atomic mass is 32.1. The number of aliphatic hydroxyl groups is 4. The van der Waals surface area contributed by atoms with Crippen LogP contribution < -0.4 is 4.74 Å². The molecule has 1 saturated heterocycles. The second-order valence-electron chi connectivity index (χ2n) is 8.01. The standard InChI is InChI=1S/C25H28O6S/c1-30-19-10-9-16(25-24(29)23(28)22(27)20(14-26)31-25)13-17(19)18(21-8-5-11-32-21)12-15-6-3-2-4-7-15/h2-11,13,18,20,22-29H,12,14H2,1H3/t18?,20-,22-,23+,24-,25+/m1/s1. The summed E-state index contributed by atoms with van der Waals surface area (Å²) in [5.74, 6) is 0.727. The maximum atomic E-state index is 10.6. The number of aliphatic hydroxyl groups excluding tert-OH is 4. The van der Waals surface area contributed by atoms with E-state index in [1.165, 1.54) is 10.4 Å². The molecule has 3 aromatic rings. The zero-order valence-corrected chi connectivity index (χ0v) is 18.6. The first kappa shape index (κ1) is 22.9. The molecule has 0 amide bonds. The van der Waals surface area contributed by atoms with E-state index >= 15 is 0 Å². The Morgan fingerprint density at radius 2 is 1.75 bits per heavy atom. The minimum Gasteiger partial charge on any atom is -0.496 e. The highest BCUT2D eigenvalue weighted by Crippen LogP contribution is 2.40. The quantitative estimate of drug-likeness (QED) is 0.436. The molecule has 1 unspecified atom stereocenters. The van der Waals surface area contributed by atoms with Crippen molar-refractivity contribution in [3.05, 3.63) is 87.6 Å². The van der Waals surface area contributed by atoms with E-state index in [2.05, 4.69) is 18.2 Å². The van der Waals surface area contributed by atoms with E-state index < -0.39 is 37.1 Å². The summed E-state index contributed by atoms with van der Waals surface area (Å²) >= 11 is 1.67. The normalized spacial score (nSPS) is 26.6. The molecule has 0 spiro atoms. The smallest absolute Gasteiger partial charge is 0.122 e. The molecule has 1 fully saturated rings. The third-order valence-electron chi connectivity index (χ3n) is 6.02. The van der Waals surface area contributed by atoms with Crippen LogP contribution in [0.5, 0.6) is 5.75 Å². The summed E-state index contributed by atoms with van der Waals surface area (Å²) in [4.78, 5) is 1.18. The number of hydrogen-bond acceptors (Lipinski definition) is 7. The Balaban J connectivity index is 1.74. The molecule has 7 heteroatoms. The second kappa shape index (κ2) is 10.1. The summed E-state index contributed by atoms with van der Waals surface area (Å²) < 4.78 is 11.5. The number of methoxy groups -OCH3 is 1.